The Morgan fingerprint density at radius 3 is 2.66 bits per heavy atom. The predicted molar refractivity (Wildman–Crippen MR) is 116 cm³/mol. The molecule has 0 saturated heterocycles. The van der Waals surface area contributed by atoms with Gasteiger partial charge in [0.15, 0.2) is 0 Å². The number of aryl methyl sites for hydroxylation is 1. The molecule has 5 aromatic rings. The lowest BCUT2D eigenvalue weighted by atomic mass is 10.2. The summed E-state index contributed by atoms with van der Waals surface area (Å²) in [6, 6.07) is 19.7. The van der Waals surface area contributed by atoms with E-state index in [0.717, 1.165) is 27.3 Å². The van der Waals surface area contributed by atoms with Gasteiger partial charge in [-0.1, -0.05) is 18.2 Å². The molecule has 0 aliphatic carbocycles. The zero-order valence-electron chi connectivity index (χ0n) is 15.6. The maximum Gasteiger partial charge on any atom is 0.275 e. The summed E-state index contributed by atoms with van der Waals surface area (Å²) in [6.45, 7) is 0. The Balaban J connectivity index is 1.36. The fraction of sp³-hybridized carbons (Fsp3) is 0.0455. The summed E-state index contributed by atoms with van der Waals surface area (Å²) in [5, 5.41) is 10.9. The summed E-state index contributed by atoms with van der Waals surface area (Å²) in [6.07, 6.45) is 3.60. The Morgan fingerprint density at radius 1 is 1.07 bits per heavy atom. The Labute approximate surface area is 171 Å². The lowest BCUT2D eigenvalue weighted by Gasteiger charge is -2.05. The molecule has 7 heteroatoms. The van der Waals surface area contributed by atoms with E-state index in [4.69, 9.17) is 0 Å². The van der Waals surface area contributed by atoms with Crippen molar-refractivity contribution in [3.63, 3.8) is 0 Å². The van der Waals surface area contributed by atoms with Crippen LogP contribution in [0.3, 0.4) is 0 Å². The number of hydrogen-bond donors (Lipinski definition) is 1. The van der Waals surface area contributed by atoms with Crippen LogP contribution in [0, 0.1) is 0 Å². The minimum absolute atomic E-state index is 0.224. The lowest BCUT2D eigenvalue weighted by molar-refractivity contribution is 0.102. The number of anilines is 1. The Morgan fingerprint density at radius 2 is 1.90 bits per heavy atom. The maximum atomic E-state index is 12.6. The molecular formula is C22H17N5OS. The van der Waals surface area contributed by atoms with Crippen LogP contribution in [0.5, 0.6) is 0 Å². The summed E-state index contributed by atoms with van der Waals surface area (Å²) in [7, 11) is 2.01. The van der Waals surface area contributed by atoms with Gasteiger partial charge in [0.2, 0.25) is 0 Å². The van der Waals surface area contributed by atoms with E-state index in [-0.39, 0.29) is 5.91 Å². The molecule has 5 rings (SSSR count). The van der Waals surface area contributed by atoms with Crippen LogP contribution in [-0.2, 0) is 7.05 Å². The highest BCUT2D eigenvalue weighted by Crippen LogP contribution is 2.29. The van der Waals surface area contributed by atoms with Crippen molar-refractivity contribution >= 4 is 33.8 Å². The fourth-order valence-electron chi connectivity index (χ4n) is 3.30. The van der Waals surface area contributed by atoms with E-state index in [9.17, 15) is 4.79 Å². The Hall–Kier alpha value is -3.71. The minimum atomic E-state index is -0.224. The van der Waals surface area contributed by atoms with Gasteiger partial charge in [-0.05, 0) is 42.5 Å². The van der Waals surface area contributed by atoms with Crippen LogP contribution in [0.4, 0.5) is 5.69 Å². The molecule has 0 atom stereocenters. The molecule has 29 heavy (non-hydrogen) atoms. The van der Waals surface area contributed by atoms with E-state index in [0.29, 0.717) is 11.4 Å². The van der Waals surface area contributed by atoms with Crippen molar-refractivity contribution in [3.05, 3.63) is 84.1 Å². The monoisotopic (exact) mass is 399 g/mol. The minimum Gasteiger partial charge on any atom is -0.342 e. The lowest BCUT2D eigenvalue weighted by Crippen LogP contribution is -2.12. The molecule has 3 heterocycles. The van der Waals surface area contributed by atoms with Crippen LogP contribution in [0.1, 0.15) is 10.5 Å². The van der Waals surface area contributed by atoms with E-state index in [2.05, 4.69) is 38.2 Å². The van der Waals surface area contributed by atoms with Crippen molar-refractivity contribution in [1.82, 2.24) is 19.3 Å². The summed E-state index contributed by atoms with van der Waals surface area (Å²) in [5.74, 6) is -0.224. The van der Waals surface area contributed by atoms with E-state index >= 15 is 0 Å². The molecule has 0 radical (unpaired) electrons. The third-order valence-corrected chi connectivity index (χ3v) is 5.67. The second kappa shape index (κ2) is 7.03. The largest absolute Gasteiger partial charge is 0.342 e. The number of fused-ring (bicyclic) bond motifs is 1. The van der Waals surface area contributed by atoms with Gasteiger partial charge in [0, 0.05) is 41.4 Å². The SMILES string of the molecule is Cn1c(-c2nc(C(=O)Nc3ccc(-n4cccn4)cc3)cs2)cc2ccccc21. The van der Waals surface area contributed by atoms with Crippen LogP contribution in [0.2, 0.25) is 0 Å². The van der Waals surface area contributed by atoms with Crippen molar-refractivity contribution in [3.8, 4) is 16.4 Å². The summed E-state index contributed by atoms with van der Waals surface area (Å²) in [5.41, 5.74) is 4.19. The summed E-state index contributed by atoms with van der Waals surface area (Å²) < 4.78 is 3.87. The molecule has 0 saturated carbocycles. The third-order valence-electron chi connectivity index (χ3n) is 4.80. The topological polar surface area (TPSA) is 64.7 Å². The number of amides is 1. The number of para-hydroxylation sites is 1. The van der Waals surface area contributed by atoms with Gasteiger partial charge >= 0.3 is 0 Å². The molecule has 0 bridgehead atoms. The van der Waals surface area contributed by atoms with E-state index < -0.39 is 0 Å². The molecule has 3 aromatic heterocycles. The number of aromatic nitrogens is 4. The average Bonchev–Trinajstić information content (AvgIpc) is 3.49. The molecule has 0 aliphatic rings. The van der Waals surface area contributed by atoms with Crippen molar-refractivity contribution in [1.29, 1.82) is 0 Å². The second-order valence-electron chi connectivity index (χ2n) is 6.64. The molecule has 0 fully saturated rings. The van der Waals surface area contributed by atoms with Gasteiger partial charge in [0.05, 0.1) is 11.4 Å². The normalized spacial score (nSPS) is 11.1. The van der Waals surface area contributed by atoms with Crippen LogP contribution in [0.15, 0.2) is 78.4 Å². The summed E-state index contributed by atoms with van der Waals surface area (Å²) >= 11 is 1.47. The number of carbonyl (C=O) groups is 1. The van der Waals surface area contributed by atoms with Gasteiger partial charge in [0.25, 0.3) is 5.91 Å². The molecular weight excluding hydrogens is 382 g/mol. The molecule has 142 valence electrons. The number of nitrogens with zero attached hydrogens (tertiary/aromatic N) is 4. The predicted octanol–water partition coefficient (Wildman–Crippen LogP) is 4.74. The van der Waals surface area contributed by atoms with Gasteiger partial charge in [-0.3, -0.25) is 4.79 Å². The first-order chi connectivity index (χ1) is 14.2. The van der Waals surface area contributed by atoms with Gasteiger partial charge < -0.3 is 9.88 Å². The highest BCUT2D eigenvalue weighted by molar-refractivity contribution is 7.13. The van der Waals surface area contributed by atoms with Gasteiger partial charge in [-0.15, -0.1) is 11.3 Å². The average molecular weight is 399 g/mol. The molecule has 1 N–H and O–H groups in total. The number of benzene rings is 2. The Kier molecular flexibility index (Phi) is 4.22. The van der Waals surface area contributed by atoms with Crippen LogP contribution in [0.25, 0.3) is 27.3 Å². The molecule has 0 unspecified atom stereocenters. The molecule has 0 spiro atoms. The van der Waals surface area contributed by atoms with E-state index in [1.165, 1.54) is 11.3 Å². The number of hydrogen-bond acceptors (Lipinski definition) is 4. The number of rotatable bonds is 4. The quantitative estimate of drug-likeness (QED) is 0.475. The summed E-state index contributed by atoms with van der Waals surface area (Å²) in [4.78, 5) is 17.2. The maximum absolute atomic E-state index is 12.6. The number of thiazole rings is 1. The fourth-order valence-corrected chi connectivity index (χ4v) is 4.15. The first kappa shape index (κ1) is 17.4. The number of nitrogens with one attached hydrogen (secondary N) is 1. The second-order valence-corrected chi connectivity index (χ2v) is 7.50. The molecule has 2 aromatic carbocycles. The van der Waals surface area contributed by atoms with E-state index in [1.807, 2.05) is 55.7 Å². The molecule has 1 amide bonds. The first-order valence-corrected chi connectivity index (χ1v) is 9.99. The highest BCUT2D eigenvalue weighted by Gasteiger charge is 2.15. The van der Waals surface area contributed by atoms with Crippen molar-refractivity contribution < 1.29 is 4.79 Å². The van der Waals surface area contributed by atoms with Gasteiger partial charge in [-0.25, -0.2) is 9.67 Å². The van der Waals surface area contributed by atoms with Crippen LogP contribution < -0.4 is 5.32 Å². The van der Waals surface area contributed by atoms with Crippen LogP contribution in [-0.4, -0.2) is 25.2 Å². The smallest absolute Gasteiger partial charge is 0.275 e. The van der Waals surface area contributed by atoms with Crippen molar-refractivity contribution in [2.24, 2.45) is 7.05 Å². The standard InChI is InChI=1S/C22H17N5OS/c1-26-19-6-3-2-5-15(19)13-20(26)22-25-18(14-29-22)21(28)24-16-7-9-17(10-8-16)27-12-4-11-23-27/h2-14H,1H3,(H,24,28). The van der Waals surface area contributed by atoms with Gasteiger partial charge in [-0.2, -0.15) is 5.10 Å². The highest BCUT2D eigenvalue weighted by atomic mass is 32.1. The zero-order valence-corrected chi connectivity index (χ0v) is 16.4. The first-order valence-electron chi connectivity index (χ1n) is 9.11. The van der Waals surface area contributed by atoms with Crippen molar-refractivity contribution in [2.45, 2.75) is 0 Å². The van der Waals surface area contributed by atoms with Crippen LogP contribution >= 0.6 is 11.3 Å². The van der Waals surface area contributed by atoms with Gasteiger partial charge in [0.1, 0.15) is 10.7 Å². The molecule has 0 aliphatic heterocycles. The third kappa shape index (κ3) is 3.21. The molecule has 6 nitrogen and oxygen atoms in total. The van der Waals surface area contributed by atoms with E-state index in [1.54, 1.807) is 16.3 Å². The Bertz CT molecular complexity index is 1300. The zero-order chi connectivity index (χ0) is 19.8. The van der Waals surface area contributed by atoms with Crippen molar-refractivity contribution in [2.75, 3.05) is 5.32 Å². The number of carbonyl (C=O) groups excluding carboxylic acids is 1.